The van der Waals surface area contributed by atoms with Crippen LogP contribution in [0.2, 0.25) is 0 Å². The predicted molar refractivity (Wildman–Crippen MR) is 59.3 cm³/mol. The van der Waals surface area contributed by atoms with Crippen molar-refractivity contribution in [1.29, 1.82) is 0 Å². The van der Waals surface area contributed by atoms with Crippen molar-refractivity contribution < 1.29 is 14.3 Å². The number of carbonyl (C=O) groups is 1. The Labute approximate surface area is 93.3 Å². The van der Waals surface area contributed by atoms with Crippen molar-refractivity contribution in [2.75, 3.05) is 11.9 Å². The maximum absolute atomic E-state index is 13.4. The lowest BCUT2D eigenvalue weighted by molar-refractivity contribution is -0.115. The zero-order chi connectivity index (χ0) is 12.0. The van der Waals surface area contributed by atoms with E-state index in [1.54, 1.807) is 13.0 Å². The van der Waals surface area contributed by atoms with Crippen molar-refractivity contribution in [3.63, 3.8) is 0 Å². The highest BCUT2D eigenvalue weighted by molar-refractivity contribution is 5.90. The van der Waals surface area contributed by atoms with Gasteiger partial charge in [-0.1, -0.05) is 18.8 Å². The molecule has 0 saturated heterocycles. The first-order valence-electron chi connectivity index (χ1n) is 4.86. The molecule has 0 heterocycles. The van der Waals surface area contributed by atoms with E-state index in [2.05, 4.69) is 17.2 Å². The van der Waals surface area contributed by atoms with Gasteiger partial charge in [0.05, 0.1) is 5.56 Å². The maximum Gasteiger partial charge on any atom is 0.224 e. The van der Waals surface area contributed by atoms with E-state index in [1.807, 2.05) is 0 Å². The first-order chi connectivity index (χ1) is 7.67. The smallest absolute Gasteiger partial charge is 0.224 e. The van der Waals surface area contributed by atoms with E-state index in [-0.39, 0.29) is 18.1 Å². The highest BCUT2D eigenvalue weighted by Gasteiger charge is 2.03. The zero-order valence-electron chi connectivity index (χ0n) is 8.88. The summed E-state index contributed by atoms with van der Waals surface area (Å²) in [4.78, 5) is 11.1. The summed E-state index contributed by atoms with van der Waals surface area (Å²) in [5.74, 6) is 4.13. The normalized spacial score (nSPS) is 9.19. The van der Waals surface area contributed by atoms with E-state index in [0.717, 1.165) is 0 Å². The molecule has 16 heavy (non-hydrogen) atoms. The van der Waals surface area contributed by atoms with Crippen LogP contribution in [-0.4, -0.2) is 17.6 Å². The summed E-state index contributed by atoms with van der Waals surface area (Å²) in [6.07, 6.45) is 0.341. The Hall–Kier alpha value is -1.86. The standard InChI is InChI=1S/C12H12FNO2/c1-2-12(16)14-10-6-5-9(4-3-7-15)11(13)8-10/h5-6,8,15H,2,7H2,1H3,(H,14,16). The van der Waals surface area contributed by atoms with E-state index in [1.165, 1.54) is 12.1 Å². The number of hydrogen-bond donors (Lipinski definition) is 2. The third-order valence-electron chi connectivity index (χ3n) is 1.88. The molecular formula is C12H12FNO2. The summed E-state index contributed by atoms with van der Waals surface area (Å²) >= 11 is 0. The molecule has 0 saturated carbocycles. The molecule has 0 aliphatic heterocycles. The molecule has 0 spiro atoms. The monoisotopic (exact) mass is 221 g/mol. The van der Waals surface area contributed by atoms with Crippen LogP contribution in [0.25, 0.3) is 0 Å². The fourth-order valence-corrected chi connectivity index (χ4v) is 1.08. The second kappa shape index (κ2) is 5.89. The van der Waals surface area contributed by atoms with Gasteiger partial charge in [0.1, 0.15) is 12.4 Å². The zero-order valence-corrected chi connectivity index (χ0v) is 8.88. The maximum atomic E-state index is 13.4. The number of carbonyl (C=O) groups excluding carboxylic acids is 1. The summed E-state index contributed by atoms with van der Waals surface area (Å²) in [5, 5.41) is 11.0. The molecule has 0 radical (unpaired) electrons. The molecule has 84 valence electrons. The van der Waals surface area contributed by atoms with Gasteiger partial charge < -0.3 is 10.4 Å². The Kier molecular flexibility index (Phi) is 4.49. The Balaban J connectivity index is 2.86. The van der Waals surface area contributed by atoms with Crippen molar-refractivity contribution in [3.05, 3.63) is 29.6 Å². The van der Waals surface area contributed by atoms with E-state index in [9.17, 15) is 9.18 Å². The largest absolute Gasteiger partial charge is 0.384 e. The minimum absolute atomic E-state index is 0.173. The number of aliphatic hydroxyl groups is 1. The molecule has 3 nitrogen and oxygen atoms in total. The van der Waals surface area contributed by atoms with Crippen molar-refractivity contribution in [1.82, 2.24) is 0 Å². The molecule has 2 N–H and O–H groups in total. The van der Waals surface area contributed by atoms with Crippen LogP contribution in [0.5, 0.6) is 0 Å². The molecule has 1 amide bonds. The third-order valence-corrected chi connectivity index (χ3v) is 1.88. The number of halogens is 1. The van der Waals surface area contributed by atoms with E-state index < -0.39 is 5.82 Å². The summed E-state index contributed by atoms with van der Waals surface area (Å²) in [6.45, 7) is 1.40. The van der Waals surface area contributed by atoms with Crippen molar-refractivity contribution >= 4 is 11.6 Å². The van der Waals surface area contributed by atoms with Crippen molar-refractivity contribution in [2.45, 2.75) is 13.3 Å². The Morgan fingerprint density at radius 2 is 2.31 bits per heavy atom. The van der Waals surface area contributed by atoms with Crippen LogP contribution in [0.15, 0.2) is 18.2 Å². The molecule has 4 heteroatoms. The average Bonchev–Trinajstić information content (AvgIpc) is 2.28. The van der Waals surface area contributed by atoms with Gasteiger partial charge in [-0.3, -0.25) is 4.79 Å². The average molecular weight is 221 g/mol. The molecule has 0 fully saturated rings. The molecule has 0 unspecified atom stereocenters. The van der Waals surface area contributed by atoms with Crippen LogP contribution < -0.4 is 5.32 Å². The predicted octanol–water partition coefficient (Wildman–Crippen LogP) is 1.52. The van der Waals surface area contributed by atoms with Crippen LogP contribution in [0.4, 0.5) is 10.1 Å². The second-order valence-corrected chi connectivity index (χ2v) is 3.06. The Bertz CT molecular complexity index is 446. The highest BCUT2D eigenvalue weighted by Crippen LogP contribution is 2.13. The van der Waals surface area contributed by atoms with Gasteiger partial charge in [0.15, 0.2) is 0 Å². The van der Waals surface area contributed by atoms with E-state index in [0.29, 0.717) is 12.1 Å². The molecular weight excluding hydrogens is 209 g/mol. The van der Waals surface area contributed by atoms with Gasteiger partial charge in [0.2, 0.25) is 5.91 Å². The van der Waals surface area contributed by atoms with Crippen LogP contribution in [-0.2, 0) is 4.79 Å². The molecule has 1 rings (SSSR count). The third kappa shape index (κ3) is 3.37. The molecule has 0 aliphatic rings. The van der Waals surface area contributed by atoms with Gasteiger partial charge in [-0.2, -0.15) is 0 Å². The van der Waals surface area contributed by atoms with E-state index >= 15 is 0 Å². The number of nitrogens with one attached hydrogen (secondary N) is 1. The first-order valence-corrected chi connectivity index (χ1v) is 4.86. The Morgan fingerprint density at radius 1 is 1.56 bits per heavy atom. The van der Waals surface area contributed by atoms with Crippen LogP contribution in [0.3, 0.4) is 0 Å². The summed E-state index contributed by atoms with van der Waals surface area (Å²) in [5.41, 5.74) is 0.599. The molecule has 1 aromatic carbocycles. The van der Waals surface area contributed by atoms with Gasteiger partial charge in [0, 0.05) is 12.1 Å². The number of anilines is 1. The number of rotatable bonds is 2. The molecule has 0 aliphatic carbocycles. The topological polar surface area (TPSA) is 49.3 Å². The Morgan fingerprint density at radius 3 is 2.88 bits per heavy atom. The fraction of sp³-hybridized carbons (Fsp3) is 0.250. The molecule has 1 aromatic rings. The van der Waals surface area contributed by atoms with Gasteiger partial charge in [-0.15, -0.1) is 0 Å². The summed E-state index contributed by atoms with van der Waals surface area (Å²) < 4.78 is 13.4. The molecule has 0 aromatic heterocycles. The van der Waals surface area contributed by atoms with Crippen molar-refractivity contribution in [2.24, 2.45) is 0 Å². The minimum Gasteiger partial charge on any atom is -0.384 e. The molecule has 0 bridgehead atoms. The summed E-state index contributed by atoms with van der Waals surface area (Å²) in [7, 11) is 0. The fourth-order valence-electron chi connectivity index (χ4n) is 1.08. The molecule has 0 atom stereocenters. The van der Waals surface area contributed by atoms with Crippen LogP contribution >= 0.6 is 0 Å². The first kappa shape index (κ1) is 12.2. The lowest BCUT2D eigenvalue weighted by Crippen LogP contribution is -2.09. The SMILES string of the molecule is CCC(=O)Nc1ccc(C#CCO)c(F)c1. The minimum atomic E-state index is -0.519. The number of hydrogen-bond acceptors (Lipinski definition) is 2. The van der Waals surface area contributed by atoms with Crippen LogP contribution in [0.1, 0.15) is 18.9 Å². The van der Waals surface area contributed by atoms with Gasteiger partial charge in [-0.05, 0) is 18.2 Å². The lowest BCUT2D eigenvalue weighted by Gasteiger charge is -2.03. The second-order valence-electron chi connectivity index (χ2n) is 3.06. The number of benzene rings is 1. The lowest BCUT2D eigenvalue weighted by atomic mass is 10.2. The van der Waals surface area contributed by atoms with Gasteiger partial charge in [0.25, 0.3) is 0 Å². The van der Waals surface area contributed by atoms with Crippen LogP contribution in [0, 0.1) is 17.7 Å². The number of aliphatic hydroxyl groups excluding tert-OH is 1. The summed E-state index contributed by atoms with van der Waals surface area (Å²) in [6, 6.07) is 4.23. The van der Waals surface area contributed by atoms with Gasteiger partial charge in [-0.25, -0.2) is 4.39 Å². The van der Waals surface area contributed by atoms with Gasteiger partial charge >= 0.3 is 0 Å². The quantitative estimate of drug-likeness (QED) is 0.744. The van der Waals surface area contributed by atoms with E-state index in [4.69, 9.17) is 5.11 Å². The van der Waals surface area contributed by atoms with Crippen molar-refractivity contribution in [3.8, 4) is 11.8 Å². The highest BCUT2D eigenvalue weighted by atomic mass is 19.1. The number of amides is 1.